The highest BCUT2D eigenvalue weighted by molar-refractivity contribution is 5.79. The zero-order chi connectivity index (χ0) is 19.3. The maximum absolute atomic E-state index is 13.7. The van der Waals surface area contributed by atoms with Crippen LogP contribution in [0.5, 0.6) is 11.5 Å². The first-order chi connectivity index (χ1) is 13.7. The fourth-order valence-electron chi connectivity index (χ4n) is 3.68. The number of rotatable bonds is 5. The van der Waals surface area contributed by atoms with Crippen molar-refractivity contribution in [2.75, 3.05) is 45.9 Å². The molecule has 1 amide bonds. The third-order valence-corrected chi connectivity index (χ3v) is 5.34. The Hall–Kier alpha value is -2.60. The molecule has 28 heavy (non-hydrogen) atoms. The number of carbonyl (C=O) groups excluding carboxylic acids is 1. The topological polar surface area (TPSA) is 42.0 Å². The van der Waals surface area contributed by atoms with Crippen LogP contribution in [-0.2, 0) is 17.6 Å². The van der Waals surface area contributed by atoms with Gasteiger partial charge in [-0.1, -0.05) is 24.3 Å². The average molecular weight is 384 g/mol. The van der Waals surface area contributed by atoms with Crippen LogP contribution in [-0.4, -0.2) is 61.6 Å². The Bertz CT molecular complexity index is 834. The van der Waals surface area contributed by atoms with Crippen LogP contribution in [0, 0.1) is 5.82 Å². The van der Waals surface area contributed by atoms with E-state index in [-0.39, 0.29) is 11.7 Å². The van der Waals surface area contributed by atoms with Crippen molar-refractivity contribution in [2.45, 2.75) is 12.8 Å². The fraction of sp³-hybridized carbons (Fsp3) is 0.409. The van der Waals surface area contributed by atoms with Crippen LogP contribution in [0.15, 0.2) is 42.5 Å². The van der Waals surface area contributed by atoms with Crippen LogP contribution in [0.4, 0.5) is 4.39 Å². The molecular weight excluding hydrogens is 359 g/mol. The molecule has 2 aromatic rings. The summed E-state index contributed by atoms with van der Waals surface area (Å²) in [5.74, 6) is 1.45. The van der Waals surface area contributed by atoms with E-state index in [4.69, 9.17) is 9.47 Å². The van der Waals surface area contributed by atoms with Crippen LogP contribution in [0.1, 0.15) is 11.1 Å². The van der Waals surface area contributed by atoms with Gasteiger partial charge in [0.15, 0.2) is 11.5 Å². The van der Waals surface area contributed by atoms with E-state index >= 15 is 0 Å². The highest BCUT2D eigenvalue weighted by atomic mass is 19.1. The van der Waals surface area contributed by atoms with E-state index in [1.807, 2.05) is 35.2 Å². The summed E-state index contributed by atoms with van der Waals surface area (Å²) in [6.45, 7) is 4.97. The molecule has 0 aliphatic carbocycles. The number of carbonyl (C=O) groups is 1. The van der Waals surface area contributed by atoms with Crippen molar-refractivity contribution >= 4 is 5.91 Å². The van der Waals surface area contributed by atoms with Gasteiger partial charge in [-0.05, 0) is 35.7 Å². The summed E-state index contributed by atoms with van der Waals surface area (Å²) in [6.07, 6.45) is 1.06. The summed E-state index contributed by atoms with van der Waals surface area (Å²) in [7, 11) is 0. The molecule has 148 valence electrons. The normalized spacial score (nSPS) is 16.8. The second-order valence-corrected chi connectivity index (χ2v) is 7.22. The smallest absolute Gasteiger partial charge is 0.227 e. The molecule has 1 fully saturated rings. The second kappa shape index (κ2) is 8.61. The first-order valence-corrected chi connectivity index (χ1v) is 9.81. The molecule has 0 N–H and O–H groups in total. The van der Waals surface area contributed by atoms with Crippen molar-refractivity contribution < 1.29 is 18.7 Å². The molecule has 2 aromatic carbocycles. The molecule has 2 heterocycles. The van der Waals surface area contributed by atoms with E-state index in [1.54, 1.807) is 6.07 Å². The molecule has 6 heteroatoms. The Labute approximate surface area is 164 Å². The Morgan fingerprint density at radius 1 is 0.964 bits per heavy atom. The van der Waals surface area contributed by atoms with Gasteiger partial charge in [0.25, 0.3) is 0 Å². The van der Waals surface area contributed by atoms with Crippen molar-refractivity contribution in [2.24, 2.45) is 0 Å². The zero-order valence-electron chi connectivity index (χ0n) is 15.9. The van der Waals surface area contributed by atoms with Gasteiger partial charge in [0.05, 0.1) is 6.42 Å². The number of hydrogen-bond acceptors (Lipinski definition) is 4. The van der Waals surface area contributed by atoms with E-state index < -0.39 is 0 Å². The average Bonchev–Trinajstić information content (AvgIpc) is 2.73. The molecule has 2 aliphatic heterocycles. The van der Waals surface area contributed by atoms with Gasteiger partial charge in [0.1, 0.15) is 19.0 Å². The summed E-state index contributed by atoms with van der Waals surface area (Å²) in [5.41, 5.74) is 1.69. The lowest BCUT2D eigenvalue weighted by Crippen LogP contribution is -2.49. The molecule has 0 aromatic heterocycles. The van der Waals surface area contributed by atoms with E-state index in [2.05, 4.69) is 4.90 Å². The molecule has 1 saturated heterocycles. The summed E-state index contributed by atoms with van der Waals surface area (Å²) < 4.78 is 24.9. The van der Waals surface area contributed by atoms with Crippen LogP contribution < -0.4 is 9.47 Å². The summed E-state index contributed by atoms with van der Waals surface area (Å²) in [6, 6.07) is 12.6. The molecular formula is C22H25FN2O3. The molecule has 0 atom stereocenters. The standard InChI is InChI=1S/C22H25FN2O3/c23-19-4-2-1-3-18(19)7-8-24-9-11-25(12-10-24)22(26)16-17-5-6-20-21(15-17)28-14-13-27-20/h1-6,15H,7-14,16H2. The minimum Gasteiger partial charge on any atom is -0.486 e. The van der Waals surface area contributed by atoms with Crippen LogP contribution in [0.2, 0.25) is 0 Å². The van der Waals surface area contributed by atoms with Crippen molar-refractivity contribution in [3.63, 3.8) is 0 Å². The van der Waals surface area contributed by atoms with Gasteiger partial charge in [-0.25, -0.2) is 4.39 Å². The molecule has 0 radical (unpaired) electrons. The third-order valence-electron chi connectivity index (χ3n) is 5.34. The lowest BCUT2D eigenvalue weighted by Gasteiger charge is -2.35. The number of hydrogen-bond donors (Lipinski definition) is 0. The van der Waals surface area contributed by atoms with Gasteiger partial charge >= 0.3 is 0 Å². The molecule has 0 bridgehead atoms. The lowest BCUT2D eigenvalue weighted by molar-refractivity contribution is -0.132. The Kier molecular flexibility index (Phi) is 5.76. The Balaban J connectivity index is 1.25. The molecule has 0 saturated carbocycles. The van der Waals surface area contributed by atoms with Crippen molar-refractivity contribution in [3.8, 4) is 11.5 Å². The molecule has 0 spiro atoms. The summed E-state index contributed by atoms with van der Waals surface area (Å²) in [5, 5.41) is 0. The van der Waals surface area contributed by atoms with E-state index in [9.17, 15) is 9.18 Å². The predicted octanol–water partition coefficient (Wildman–Crippen LogP) is 2.53. The van der Waals surface area contributed by atoms with Gasteiger partial charge in [0.2, 0.25) is 5.91 Å². The molecule has 5 nitrogen and oxygen atoms in total. The summed E-state index contributed by atoms with van der Waals surface area (Å²) >= 11 is 0. The van der Waals surface area contributed by atoms with Gasteiger partial charge in [-0.15, -0.1) is 0 Å². The number of benzene rings is 2. The SMILES string of the molecule is O=C(Cc1ccc2c(c1)OCCO2)N1CCN(CCc2ccccc2F)CC1. The highest BCUT2D eigenvalue weighted by Crippen LogP contribution is 2.31. The number of fused-ring (bicyclic) bond motifs is 1. The maximum atomic E-state index is 13.7. The van der Waals surface area contributed by atoms with E-state index in [0.29, 0.717) is 39.1 Å². The maximum Gasteiger partial charge on any atom is 0.227 e. The fourth-order valence-corrected chi connectivity index (χ4v) is 3.68. The minimum absolute atomic E-state index is 0.130. The third kappa shape index (κ3) is 4.44. The van der Waals surface area contributed by atoms with Crippen LogP contribution >= 0.6 is 0 Å². The lowest BCUT2D eigenvalue weighted by atomic mass is 10.1. The van der Waals surface area contributed by atoms with E-state index in [1.165, 1.54) is 6.07 Å². The van der Waals surface area contributed by atoms with Gasteiger partial charge in [-0.3, -0.25) is 9.69 Å². The highest BCUT2D eigenvalue weighted by Gasteiger charge is 2.22. The van der Waals surface area contributed by atoms with Gasteiger partial charge in [0, 0.05) is 32.7 Å². The number of halogens is 1. The zero-order valence-corrected chi connectivity index (χ0v) is 15.9. The number of piperazine rings is 1. The van der Waals surface area contributed by atoms with Gasteiger partial charge in [-0.2, -0.15) is 0 Å². The van der Waals surface area contributed by atoms with Crippen molar-refractivity contribution in [1.82, 2.24) is 9.80 Å². The van der Waals surface area contributed by atoms with Gasteiger partial charge < -0.3 is 14.4 Å². The first kappa shape index (κ1) is 18.7. The summed E-state index contributed by atoms with van der Waals surface area (Å²) in [4.78, 5) is 16.9. The number of nitrogens with zero attached hydrogens (tertiary/aromatic N) is 2. The van der Waals surface area contributed by atoms with E-state index in [0.717, 1.165) is 42.3 Å². The number of ether oxygens (including phenoxy) is 2. The van der Waals surface area contributed by atoms with Crippen molar-refractivity contribution in [3.05, 3.63) is 59.4 Å². The first-order valence-electron chi connectivity index (χ1n) is 9.81. The molecule has 2 aliphatic rings. The second-order valence-electron chi connectivity index (χ2n) is 7.22. The quantitative estimate of drug-likeness (QED) is 0.795. The Morgan fingerprint density at radius 2 is 1.71 bits per heavy atom. The Morgan fingerprint density at radius 3 is 2.50 bits per heavy atom. The van der Waals surface area contributed by atoms with Crippen LogP contribution in [0.3, 0.4) is 0 Å². The van der Waals surface area contributed by atoms with Crippen LogP contribution in [0.25, 0.3) is 0 Å². The number of amides is 1. The predicted molar refractivity (Wildman–Crippen MR) is 104 cm³/mol. The minimum atomic E-state index is -0.143. The molecule has 4 rings (SSSR count). The monoisotopic (exact) mass is 384 g/mol. The van der Waals surface area contributed by atoms with Crippen molar-refractivity contribution in [1.29, 1.82) is 0 Å². The molecule has 0 unspecified atom stereocenters. The largest absolute Gasteiger partial charge is 0.486 e.